The summed E-state index contributed by atoms with van der Waals surface area (Å²) >= 11 is 0. The van der Waals surface area contributed by atoms with Crippen molar-refractivity contribution in [2.75, 3.05) is 13.1 Å². The van der Waals surface area contributed by atoms with Crippen LogP contribution in [0.1, 0.15) is 39.9 Å². The van der Waals surface area contributed by atoms with E-state index in [9.17, 15) is 0 Å². The van der Waals surface area contributed by atoms with Gasteiger partial charge in [-0.05, 0) is 26.2 Å². The summed E-state index contributed by atoms with van der Waals surface area (Å²) in [4.78, 5) is 6.88. The summed E-state index contributed by atoms with van der Waals surface area (Å²) in [7, 11) is 1.96. The fourth-order valence-corrected chi connectivity index (χ4v) is 2.72. The number of nitrogens with one attached hydrogen (secondary N) is 1. The second-order valence-electron chi connectivity index (χ2n) is 6.70. The first-order valence-electron chi connectivity index (χ1n) is 7.20. The van der Waals surface area contributed by atoms with Crippen LogP contribution >= 0.6 is 0 Å². The van der Waals surface area contributed by atoms with Gasteiger partial charge in [0.05, 0.1) is 6.54 Å². The van der Waals surface area contributed by atoms with Gasteiger partial charge >= 0.3 is 0 Å². The van der Waals surface area contributed by atoms with Gasteiger partial charge < -0.3 is 5.32 Å². The monoisotopic (exact) mass is 265 g/mol. The van der Waals surface area contributed by atoms with Crippen LogP contribution < -0.4 is 5.32 Å². The maximum absolute atomic E-state index is 4.35. The third kappa shape index (κ3) is 3.54. The van der Waals surface area contributed by atoms with Crippen LogP contribution in [-0.4, -0.2) is 44.3 Å². The van der Waals surface area contributed by atoms with Crippen molar-refractivity contribution in [3.8, 4) is 0 Å². The van der Waals surface area contributed by atoms with Gasteiger partial charge in [0, 0.05) is 31.7 Å². The van der Waals surface area contributed by atoms with Gasteiger partial charge in [0.15, 0.2) is 0 Å². The maximum Gasteiger partial charge on any atom is 0.140 e. The summed E-state index contributed by atoms with van der Waals surface area (Å²) in [6, 6.07) is 0.584. The average molecular weight is 265 g/mol. The Hall–Kier alpha value is -0.940. The minimum Gasteiger partial charge on any atom is -0.311 e. The van der Waals surface area contributed by atoms with E-state index in [-0.39, 0.29) is 5.54 Å². The highest BCUT2D eigenvalue weighted by molar-refractivity contribution is 4.96. The molecule has 0 radical (unpaired) electrons. The van der Waals surface area contributed by atoms with Crippen LogP contribution in [0.3, 0.4) is 0 Å². The van der Waals surface area contributed by atoms with Crippen LogP contribution in [0.2, 0.25) is 0 Å². The van der Waals surface area contributed by atoms with E-state index >= 15 is 0 Å². The normalized spacial score (nSPS) is 24.0. The molecule has 1 aliphatic rings. The minimum absolute atomic E-state index is 0.166. The van der Waals surface area contributed by atoms with E-state index in [4.69, 9.17) is 0 Å². The Kier molecular flexibility index (Phi) is 4.26. The standard InChI is InChI=1S/C14H27N5/c1-11(2)6-12-7-19(14(3,4)9-15-12)8-13-16-10-17-18(13)5/h10-12,15H,6-9H2,1-5H3. The summed E-state index contributed by atoms with van der Waals surface area (Å²) in [5.41, 5.74) is 0.166. The predicted octanol–water partition coefficient (Wildman–Crippen LogP) is 1.41. The molecule has 0 saturated carbocycles. The van der Waals surface area contributed by atoms with E-state index in [2.05, 4.69) is 48.0 Å². The Morgan fingerprint density at radius 2 is 2.21 bits per heavy atom. The second kappa shape index (κ2) is 5.59. The fourth-order valence-electron chi connectivity index (χ4n) is 2.72. The van der Waals surface area contributed by atoms with Gasteiger partial charge in [-0.25, -0.2) is 4.98 Å². The lowest BCUT2D eigenvalue weighted by Crippen LogP contribution is -2.61. The van der Waals surface area contributed by atoms with E-state index in [0.29, 0.717) is 6.04 Å². The summed E-state index contributed by atoms with van der Waals surface area (Å²) in [6.07, 6.45) is 2.86. The second-order valence-corrected chi connectivity index (χ2v) is 6.70. The molecular weight excluding hydrogens is 238 g/mol. The Balaban J connectivity index is 2.04. The number of nitrogens with zero attached hydrogens (tertiary/aromatic N) is 4. The summed E-state index contributed by atoms with van der Waals surface area (Å²) in [6.45, 7) is 12.1. The van der Waals surface area contributed by atoms with Crippen LogP contribution in [0, 0.1) is 5.92 Å². The largest absolute Gasteiger partial charge is 0.311 e. The SMILES string of the molecule is CC(C)CC1CN(Cc2ncnn2C)C(C)(C)CN1. The first-order valence-corrected chi connectivity index (χ1v) is 7.20. The van der Waals surface area contributed by atoms with Gasteiger partial charge in [-0.2, -0.15) is 5.10 Å². The molecule has 1 unspecified atom stereocenters. The molecule has 19 heavy (non-hydrogen) atoms. The summed E-state index contributed by atoms with van der Waals surface area (Å²) in [5.74, 6) is 1.77. The number of rotatable bonds is 4. The highest BCUT2D eigenvalue weighted by Gasteiger charge is 2.34. The fraction of sp³-hybridized carbons (Fsp3) is 0.857. The summed E-state index contributed by atoms with van der Waals surface area (Å²) < 4.78 is 1.87. The number of aryl methyl sites for hydroxylation is 1. The van der Waals surface area contributed by atoms with Crippen molar-refractivity contribution in [3.05, 3.63) is 12.2 Å². The Morgan fingerprint density at radius 3 is 2.79 bits per heavy atom. The first kappa shape index (κ1) is 14.5. The highest BCUT2D eigenvalue weighted by Crippen LogP contribution is 2.22. The lowest BCUT2D eigenvalue weighted by atomic mass is 9.93. The number of aromatic nitrogens is 3. The van der Waals surface area contributed by atoms with Crippen LogP contribution in [0.4, 0.5) is 0 Å². The molecule has 5 nitrogen and oxygen atoms in total. The van der Waals surface area contributed by atoms with Crippen molar-refractivity contribution >= 4 is 0 Å². The molecule has 1 fully saturated rings. The van der Waals surface area contributed by atoms with Gasteiger partial charge in [0.25, 0.3) is 0 Å². The van der Waals surface area contributed by atoms with Crippen LogP contribution in [0.15, 0.2) is 6.33 Å². The van der Waals surface area contributed by atoms with Gasteiger partial charge in [-0.1, -0.05) is 13.8 Å². The van der Waals surface area contributed by atoms with E-state index in [1.54, 1.807) is 6.33 Å². The molecule has 5 heteroatoms. The molecule has 2 heterocycles. The molecule has 2 rings (SSSR count). The zero-order valence-corrected chi connectivity index (χ0v) is 12.8. The zero-order chi connectivity index (χ0) is 14.0. The molecule has 0 bridgehead atoms. The van der Waals surface area contributed by atoms with Crippen LogP contribution in [-0.2, 0) is 13.6 Å². The van der Waals surface area contributed by atoms with Crippen LogP contribution in [0.5, 0.6) is 0 Å². The molecule has 1 saturated heterocycles. The van der Waals surface area contributed by atoms with Gasteiger partial charge in [-0.15, -0.1) is 0 Å². The smallest absolute Gasteiger partial charge is 0.140 e. The molecule has 1 aliphatic heterocycles. The molecule has 0 spiro atoms. The lowest BCUT2D eigenvalue weighted by Gasteiger charge is -2.46. The highest BCUT2D eigenvalue weighted by atomic mass is 15.4. The van der Waals surface area contributed by atoms with Crippen molar-refractivity contribution < 1.29 is 0 Å². The summed E-state index contributed by atoms with van der Waals surface area (Å²) in [5, 5.41) is 7.84. The van der Waals surface area contributed by atoms with Gasteiger partial charge in [0.2, 0.25) is 0 Å². The number of hydrogen-bond donors (Lipinski definition) is 1. The van der Waals surface area contributed by atoms with Crippen molar-refractivity contribution in [1.82, 2.24) is 25.0 Å². The quantitative estimate of drug-likeness (QED) is 0.894. The molecular formula is C14H27N5. The Labute approximate surface area is 116 Å². The average Bonchev–Trinajstić information content (AvgIpc) is 2.69. The van der Waals surface area contributed by atoms with Crippen molar-refractivity contribution in [2.45, 2.75) is 52.2 Å². The lowest BCUT2D eigenvalue weighted by molar-refractivity contribution is 0.0503. The first-order chi connectivity index (χ1) is 8.88. The van der Waals surface area contributed by atoms with Crippen LogP contribution in [0.25, 0.3) is 0 Å². The minimum atomic E-state index is 0.166. The molecule has 1 aromatic heterocycles. The van der Waals surface area contributed by atoms with E-state index in [0.717, 1.165) is 31.4 Å². The van der Waals surface area contributed by atoms with E-state index in [1.165, 1.54) is 6.42 Å². The van der Waals surface area contributed by atoms with Crippen molar-refractivity contribution in [3.63, 3.8) is 0 Å². The molecule has 0 aliphatic carbocycles. The molecule has 1 atom stereocenters. The predicted molar refractivity (Wildman–Crippen MR) is 76.7 cm³/mol. The molecule has 0 aromatic carbocycles. The number of hydrogen-bond acceptors (Lipinski definition) is 4. The molecule has 108 valence electrons. The molecule has 0 amide bonds. The molecule has 1 N–H and O–H groups in total. The van der Waals surface area contributed by atoms with E-state index in [1.807, 2.05) is 11.7 Å². The topological polar surface area (TPSA) is 46.0 Å². The van der Waals surface area contributed by atoms with Gasteiger partial charge in [0.1, 0.15) is 12.2 Å². The molecule has 1 aromatic rings. The van der Waals surface area contributed by atoms with Crippen molar-refractivity contribution in [2.24, 2.45) is 13.0 Å². The number of piperazine rings is 1. The van der Waals surface area contributed by atoms with Gasteiger partial charge in [-0.3, -0.25) is 9.58 Å². The Bertz CT molecular complexity index is 410. The van der Waals surface area contributed by atoms with Crippen molar-refractivity contribution in [1.29, 1.82) is 0 Å². The third-order valence-corrected chi connectivity index (χ3v) is 4.01. The maximum atomic E-state index is 4.35. The van der Waals surface area contributed by atoms with E-state index < -0.39 is 0 Å². The third-order valence-electron chi connectivity index (χ3n) is 4.01. The zero-order valence-electron chi connectivity index (χ0n) is 12.8. The Morgan fingerprint density at radius 1 is 1.47 bits per heavy atom.